The maximum Gasteiger partial charge on any atom is 0.339 e. The lowest BCUT2D eigenvalue weighted by Gasteiger charge is -2.55. The Morgan fingerprint density at radius 1 is 0.696 bits per heavy atom. The first-order valence-corrected chi connectivity index (χ1v) is 19.8. The van der Waals surface area contributed by atoms with Gasteiger partial charge >= 0.3 is 11.9 Å². The Morgan fingerprint density at radius 2 is 1.20 bits per heavy atom. The van der Waals surface area contributed by atoms with Crippen molar-refractivity contribution in [2.24, 2.45) is 23.2 Å². The fraction of sp³-hybridized carbons (Fsp3) is 0.447. The average Bonchev–Trinajstić information content (AvgIpc) is 3.81. The largest absolute Gasteiger partial charge is 0.502 e. The fourth-order valence-electron chi connectivity index (χ4n) is 8.01. The van der Waals surface area contributed by atoms with Crippen molar-refractivity contribution in [3.05, 3.63) is 124 Å². The molecule has 0 spiro atoms. The molecule has 0 saturated heterocycles. The van der Waals surface area contributed by atoms with Crippen LogP contribution in [0.3, 0.4) is 0 Å². The molecule has 9 nitrogen and oxygen atoms in total. The molecule has 0 unspecified atom stereocenters. The van der Waals surface area contributed by atoms with Gasteiger partial charge in [-0.25, -0.2) is 4.79 Å². The first-order chi connectivity index (χ1) is 27.4. The molecular weight excluding hydrogens is 709 g/mol. The molecule has 5 aliphatic rings. The summed E-state index contributed by atoms with van der Waals surface area (Å²) in [5.74, 6) is 2.06. The van der Waals surface area contributed by atoms with Crippen molar-refractivity contribution in [3.63, 3.8) is 0 Å². The van der Waals surface area contributed by atoms with Crippen LogP contribution in [0, 0.1) is 23.2 Å². The van der Waals surface area contributed by atoms with E-state index in [1.54, 1.807) is 6.26 Å². The molecule has 4 saturated carbocycles. The smallest absolute Gasteiger partial charge is 0.339 e. The van der Waals surface area contributed by atoms with Gasteiger partial charge in [-0.3, -0.25) is 4.79 Å². The molecule has 0 amide bonds. The van der Waals surface area contributed by atoms with Crippen LogP contribution in [0.4, 0.5) is 0 Å². The van der Waals surface area contributed by atoms with Crippen molar-refractivity contribution >= 4 is 33.5 Å². The Hall–Kier alpha value is -5.18. The van der Waals surface area contributed by atoms with E-state index in [4.69, 9.17) is 28.4 Å². The van der Waals surface area contributed by atoms with Crippen LogP contribution in [-0.4, -0.2) is 58.2 Å². The van der Waals surface area contributed by atoms with Gasteiger partial charge in [-0.2, -0.15) is 0 Å². The number of ether oxygens (including phenoxy) is 7. The van der Waals surface area contributed by atoms with Crippen molar-refractivity contribution < 1.29 is 42.7 Å². The second kappa shape index (κ2) is 25.8. The molecule has 4 aliphatic carbocycles. The summed E-state index contributed by atoms with van der Waals surface area (Å²) < 4.78 is 34.8. The maximum atomic E-state index is 12.5. The minimum Gasteiger partial charge on any atom is -0.502 e. The van der Waals surface area contributed by atoms with Crippen LogP contribution in [0.2, 0.25) is 0 Å². The predicted octanol–water partition coefficient (Wildman–Crippen LogP) is 10.9. The Bertz CT molecular complexity index is 1600. The topological polar surface area (TPSA) is 98.8 Å². The molecule has 4 fully saturated rings. The molecule has 4 bridgehead atoms. The van der Waals surface area contributed by atoms with E-state index in [-0.39, 0.29) is 24.0 Å². The normalized spacial score (nSPS) is 20.3. The minimum absolute atomic E-state index is 0.0364. The summed E-state index contributed by atoms with van der Waals surface area (Å²) in [5.41, 5.74) is 0.468. The van der Waals surface area contributed by atoms with Crippen molar-refractivity contribution in [2.75, 3.05) is 46.2 Å². The van der Waals surface area contributed by atoms with E-state index in [2.05, 4.69) is 44.0 Å². The van der Waals surface area contributed by atoms with Gasteiger partial charge in [-0.05, 0) is 103 Å². The number of esters is 2. The Morgan fingerprint density at radius 3 is 1.59 bits per heavy atom. The number of hydrogen-bond donors (Lipinski definition) is 0. The van der Waals surface area contributed by atoms with E-state index in [1.807, 2.05) is 61.5 Å². The second-order valence-corrected chi connectivity index (χ2v) is 13.9. The van der Waals surface area contributed by atoms with Crippen LogP contribution >= 0.6 is 0 Å². The van der Waals surface area contributed by atoms with Crippen LogP contribution in [0.15, 0.2) is 118 Å². The van der Waals surface area contributed by atoms with Crippen LogP contribution < -0.4 is 0 Å². The molecule has 0 N–H and O–H groups in total. The molecule has 0 aromatic heterocycles. The molecule has 304 valence electrons. The standard InChI is InChI=1S/C19H16O3.C15H22O3.C5H10O.C4H6O.C4H8O/c1-2-21-11-12-22-19(20)18-16-9-5-3-7-14(16)13-15-8-4-6-10-17(15)18;1-2-17-3-4-18-14(16)15-8-11-5-12(9-15)7-13(6-11)10-15;1-3-5-6-4-2;1-2-4-5-3-1;1-3-5-4-2/h2-10,13H,1,11-12H2;2,11-13H,1,3-10H2;4H,2-3,5H2,1H3;1,3H,2,4H2;3H,1,4H2,2H3. The Balaban J connectivity index is 0.000000219. The molecule has 1 aliphatic heterocycles. The lowest BCUT2D eigenvalue weighted by molar-refractivity contribution is -0.172. The zero-order chi connectivity index (χ0) is 40.4. The molecule has 3 aromatic carbocycles. The molecule has 1 heterocycles. The molecule has 0 atom stereocenters. The molecule has 9 heteroatoms. The number of rotatable bonds is 15. The monoisotopic (exact) mass is 770 g/mol. The molecule has 0 radical (unpaired) electrons. The maximum absolute atomic E-state index is 12.5. The highest BCUT2D eigenvalue weighted by atomic mass is 16.6. The summed E-state index contributed by atoms with van der Waals surface area (Å²) >= 11 is 0. The number of carbonyl (C=O) groups is 2. The zero-order valence-electron chi connectivity index (χ0n) is 33.5. The van der Waals surface area contributed by atoms with Gasteiger partial charge in [0.1, 0.15) is 26.4 Å². The third-order valence-corrected chi connectivity index (χ3v) is 9.87. The quantitative estimate of drug-likeness (QED) is 0.0647. The van der Waals surface area contributed by atoms with Crippen molar-refractivity contribution in [2.45, 2.75) is 65.2 Å². The molecular formula is C47H62O9. The van der Waals surface area contributed by atoms with E-state index in [0.29, 0.717) is 25.4 Å². The van der Waals surface area contributed by atoms with Gasteiger partial charge in [0, 0.05) is 6.42 Å². The van der Waals surface area contributed by atoms with Gasteiger partial charge in [-0.1, -0.05) is 81.8 Å². The molecule has 3 aromatic rings. The number of hydrogen-bond acceptors (Lipinski definition) is 9. The fourth-order valence-corrected chi connectivity index (χ4v) is 8.01. The Kier molecular flexibility index (Phi) is 20.8. The number of fused-ring (bicyclic) bond motifs is 2. The van der Waals surface area contributed by atoms with Gasteiger partial charge in [0.15, 0.2) is 0 Å². The highest BCUT2D eigenvalue weighted by Gasteiger charge is 2.55. The first kappa shape index (κ1) is 45.2. The molecule has 56 heavy (non-hydrogen) atoms. The van der Waals surface area contributed by atoms with Gasteiger partial charge in [0.2, 0.25) is 0 Å². The highest BCUT2D eigenvalue weighted by molar-refractivity contribution is 6.16. The van der Waals surface area contributed by atoms with E-state index in [0.717, 1.165) is 91.2 Å². The average molecular weight is 771 g/mol. The summed E-state index contributed by atoms with van der Waals surface area (Å²) in [6, 6.07) is 17.7. The predicted molar refractivity (Wildman–Crippen MR) is 224 cm³/mol. The van der Waals surface area contributed by atoms with Gasteiger partial charge in [-0.15, -0.1) is 0 Å². The van der Waals surface area contributed by atoms with E-state index in [1.165, 1.54) is 44.3 Å². The molecule has 8 rings (SSSR count). The summed E-state index contributed by atoms with van der Waals surface area (Å²) in [5, 5.41) is 3.85. The van der Waals surface area contributed by atoms with Gasteiger partial charge < -0.3 is 33.2 Å². The van der Waals surface area contributed by atoms with Crippen LogP contribution in [0.1, 0.15) is 75.6 Å². The van der Waals surface area contributed by atoms with E-state index < -0.39 is 0 Å². The van der Waals surface area contributed by atoms with E-state index >= 15 is 0 Å². The zero-order valence-corrected chi connectivity index (χ0v) is 33.5. The number of carbonyl (C=O) groups excluding carboxylic acids is 2. The summed E-state index contributed by atoms with van der Waals surface area (Å²) in [6.07, 6.45) is 18.8. The van der Waals surface area contributed by atoms with Crippen LogP contribution in [0.25, 0.3) is 21.5 Å². The third kappa shape index (κ3) is 14.5. The summed E-state index contributed by atoms with van der Waals surface area (Å²) in [6.45, 7) is 21.3. The minimum atomic E-state index is -0.333. The second-order valence-electron chi connectivity index (χ2n) is 13.9. The van der Waals surface area contributed by atoms with Crippen molar-refractivity contribution in [1.82, 2.24) is 0 Å². The van der Waals surface area contributed by atoms with E-state index in [9.17, 15) is 9.59 Å². The van der Waals surface area contributed by atoms with Crippen LogP contribution in [0.5, 0.6) is 0 Å². The van der Waals surface area contributed by atoms with Gasteiger partial charge in [0.05, 0.1) is 62.1 Å². The van der Waals surface area contributed by atoms with Gasteiger partial charge in [0.25, 0.3) is 0 Å². The lowest BCUT2D eigenvalue weighted by atomic mass is 9.49. The van der Waals surface area contributed by atoms with Crippen LogP contribution in [-0.2, 0) is 38.0 Å². The van der Waals surface area contributed by atoms with Crippen molar-refractivity contribution in [1.29, 1.82) is 0 Å². The first-order valence-electron chi connectivity index (χ1n) is 19.8. The lowest BCUT2D eigenvalue weighted by Crippen LogP contribution is -2.50. The summed E-state index contributed by atoms with van der Waals surface area (Å²) in [7, 11) is 0. The SMILES string of the molecule is C1=COCC1.C=COCC.C=COCCC.C=COCCOC(=O)C12CC3CC(CC(C3)C1)C2.C=COCCOC(=O)c1c2ccccc2cc2ccccc12. The number of benzene rings is 3. The third-order valence-electron chi connectivity index (χ3n) is 9.87. The van der Waals surface area contributed by atoms with Crippen molar-refractivity contribution in [3.8, 4) is 0 Å². The Labute approximate surface area is 334 Å². The summed E-state index contributed by atoms with van der Waals surface area (Å²) in [4.78, 5) is 24.9. The highest BCUT2D eigenvalue weighted by Crippen LogP contribution is 2.60.